The van der Waals surface area contributed by atoms with Crippen molar-refractivity contribution < 1.29 is 28.5 Å². The highest BCUT2D eigenvalue weighted by atomic mass is 35.5. The number of hydrogen-bond donors (Lipinski definition) is 1. The molecule has 0 aliphatic rings. The van der Waals surface area contributed by atoms with Gasteiger partial charge in [-0.25, -0.2) is 4.79 Å². The molecule has 2 rings (SSSR count). The molecule has 2 aromatic carbocycles. The fourth-order valence-electron chi connectivity index (χ4n) is 2.15. The van der Waals surface area contributed by atoms with Crippen LogP contribution in [0.4, 0.5) is 5.69 Å². The van der Waals surface area contributed by atoms with Crippen molar-refractivity contribution >= 4 is 40.8 Å². The lowest BCUT2D eigenvalue weighted by Crippen LogP contribution is -2.29. The number of methoxy groups -OCH3 is 2. The van der Waals surface area contributed by atoms with Gasteiger partial charge in [0.15, 0.2) is 12.7 Å². The summed E-state index contributed by atoms with van der Waals surface area (Å²) in [5, 5.41) is 3.30. The minimum absolute atomic E-state index is 0.261. The first-order valence-corrected chi connectivity index (χ1v) is 8.90. The van der Waals surface area contributed by atoms with Crippen LogP contribution in [0.3, 0.4) is 0 Å². The summed E-state index contributed by atoms with van der Waals surface area (Å²) in [6.45, 7) is 0.994. The zero-order valence-corrected chi connectivity index (χ0v) is 17.0. The van der Waals surface area contributed by atoms with Crippen LogP contribution in [0.5, 0.6) is 17.2 Å². The van der Waals surface area contributed by atoms with Crippen LogP contribution in [0, 0.1) is 0 Å². The predicted octanol–water partition coefficient (Wildman–Crippen LogP) is 3.96. The second kappa shape index (κ2) is 10.1. The third-order valence-electron chi connectivity index (χ3n) is 3.56. The molecule has 0 heterocycles. The Morgan fingerprint density at radius 3 is 2.43 bits per heavy atom. The zero-order chi connectivity index (χ0) is 20.7. The Morgan fingerprint density at radius 2 is 1.79 bits per heavy atom. The molecule has 1 N–H and O–H groups in total. The first-order chi connectivity index (χ1) is 13.3. The Hall–Kier alpha value is -2.64. The van der Waals surface area contributed by atoms with Gasteiger partial charge in [-0.05, 0) is 37.3 Å². The largest absolute Gasteiger partial charge is 0.497 e. The van der Waals surface area contributed by atoms with Crippen molar-refractivity contribution in [3.63, 3.8) is 0 Å². The monoisotopic (exact) mass is 427 g/mol. The minimum Gasteiger partial charge on any atom is -0.497 e. The second-order valence-corrected chi connectivity index (χ2v) is 6.40. The van der Waals surface area contributed by atoms with Crippen molar-refractivity contribution in [2.24, 2.45) is 0 Å². The van der Waals surface area contributed by atoms with Crippen LogP contribution in [0.15, 0.2) is 36.4 Å². The Balaban J connectivity index is 1.88. The van der Waals surface area contributed by atoms with Gasteiger partial charge in [-0.3, -0.25) is 4.79 Å². The van der Waals surface area contributed by atoms with E-state index in [2.05, 4.69) is 5.32 Å². The smallest absolute Gasteiger partial charge is 0.347 e. The summed E-state index contributed by atoms with van der Waals surface area (Å²) in [6.07, 6.45) is -0.970. The normalized spacial score (nSPS) is 11.3. The molecule has 1 unspecified atom stereocenters. The number of ether oxygens (including phenoxy) is 4. The third kappa shape index (κ3) is 5.94. The van der Waals surface area contributed by atoms with Crippen molar-refractivity contribution in [1.29, 1.82) is 0 Å². The molecule has 0 saturated carbocycles. The third-order valence-corrected chi connectivity index (χ3v) is 4.09. The topological polar surface area (TPSA) is 83.1 Å². The van der Waals surface area contributed by atoms with Gasteiger partial charge in [0, 0.05) is 11.1 Å². The summed E-state index contributed by atoms with van der Waals surface area (Å²) in [4.78, 5) is 24.1. The summed E-state index contributed by atoms with van der Waals surface area (Å²) in [5.74, 6) is 0.0144. The number of anilines is 1. The Kier molecular flexibility index (Phi) is 7.78. The molecule has 7 nitrogen and oxygen atoms in total. The van der Waals surface area contributed by atoms with E-state index in [9.17, 15) is 9.59 Å². The Bertz CT molecular complexity index is 858. The van der Waals surface area contributed by atoms with Gasteiger partial charge >= 0.3 is 5.97 Å². The molecule has 0 radical (unpaired) electrons. The molecule has 1 amide bonds. The summed E-state index contributed by atoms with van der Waals surface area (Å²) in [5.41, 5.74) is 0.418. The van der Waals surface area contributed by atoms with E-state index in [0.717, 1.165) is 0 Å². The maximum atomic E-state index is 12.1. The van der Waals surface area contributed by atoms with E-state index in [-0.39, 0.29) is 10.8 Å². The maximum absolute atomic E-state index is 12.1. The number of rotatable bonds is 8. The van der Waals surface area contributed by atoms with Crippen LogP contribution in [0.25, 0.3) is 0 Å². The number of halogens is 2. The first-order valence-electron chi connectivity index (χ1n) is 8.14. The van der Waals surface area contributed by atoms with Crippen LogP contribution in [0.2, 0.25) is 10.0 Å². The molecule has 2 aromatic rings. The molecule has 150 valence electrons. The van der Waals surface area contributed by atoms with E-state index in [4.69, 9.17) is 42.1 Å². The predicted molar refractivity (Wildman–Crippen MR) is 106 cm³/mol. The van der Waals surface area contributed by atoms with Crippen molar-refractivity contribution in [3.8, 4) is 17.2 Å². The molecule has 0 bridgehead atoms. The molecule has 0 aliphatic heterocycles. The fraction of sp³-hybridized carbons (Fsp3) is 0.263. The number of esters is 1. The zero-order valence-electron chi connectivity index (χ0n) is 15.5. The summed E-state index contributed by atoms with van der Waals surface area (Å²) >= 11 is 11.8. The number of hydrogen-bond acceptors (Lipinski definition) is 6. The van der Waals surface area contributed by atoms with E-state index in [1.54, 1.807) is 24.3 Å². The summed E-state index contributed by atoms with van der Waals surface area (Å²) < 4.78 is 20.7. The average molecular weight is 428 g/mol. The van der Waals surface area contributed by atoms with Gasteiger partial charge in [-0.1, -0.05) is 23.2 Å². The van der Waals surface area contributed by atoms with Crippen LogP contribution >= 0.6 is 23.2 Å². The van der Waals surface area contributed by atoms with Crippen molar-refractivity contribution in [2.45, 2.75) is 13.0 Å². The van der Waals surface area contributed by atoms with Crippen LogP contribution in [-0.2, 0) is 14.3 Å². The van der Waals surface area contributed by atoms with Crippen LogP contribution < -0.4 is 19.5 Å². The molecule has 0 aliphatic carbocycles. The Morgan fingerprint density at radius 1 is 1.04 bits per heavy atom. The highest BCUT2D eigenvalue weighted by molar-refractivity contribution is 6.35. The van der Waals surface area contributed by atoms with Crippen LogP contribution in [-0.4, -0.2) is 38.8 Å². The highest BCUT2D eigenvalue weighted by Crippen LogP contribution is 2.29. The van der Waals surface area contributed by atoms with Gasteiger partial charge in [-0.15, -0.1) is 0 Å². The second-order valence-electron chi connectivity index (χ2n) is 5.56. The molecule has 0 aromatic heterocycles. The Labute approximate surface area is 172 Å². The summed E-state index contributed by atoms with van der Waals surface area (Å²) in [6, 6.07) is 9.51. The van der Waals surface area contributed by atoms with Gasteiger partial charge in [0.05, 0.1) is 24.9 Å². The van der Waals surface area contributed by atoms with E-state index in [0.29, 0.717) is 22.2 Å². The number of carbonyl (C=O) groups is 2. The molecule has 0 fully saturated rings. The molecular formula is C19H19Cl2NO6. The van der Waals surface area contributed by atoms with Gasteiger partial charge in [0.1, 0.15) is 17.2 Å². The minimum atomic E-state index is -0.970. The van der Waals surface area contributed by atoms with E-state index in [1.807, 2.05) is 0 Å². The summed E-state index contributed by atoms with van der Waals surface area (Å²) in [7, 11) is 2.98. The van der Waals surface area contributed by atoms with E-state index >= 15 is 0 Å². The van der Waals surface area contributed by atoms with Crippen LogP contribution in [0.1, 0.15) is 6.92 Å². The molecular weight excluding hydrogens is 409 g/mol. The van der Waals surface area contributed by atoms with Gasteiger partial charge in [0.25, 0.3) is 5.91 Å². The molecule has 28 heavy (non-hydrogen) atoms. The molecule has 9 heteroatoms. The lowest BCUT2D eigenvalue weighted by Gasteiger charge is -2.15. The fourth-order valence-corrected chi connectivity index (χ4v) is 2.60. The van der Waals surface area contributed by atoms with E-state index < -0.39 is 24.6 Å². The quantitative estimate of drug-likeness (QED) is 0.641. The van der Waals surface area contributed by atoms with Crippen molar-refractivity contribution in [3.05, 3.63) is 46.4 Å². The lowest BCUT2D eigenvalue weighted by atomic mass is 10.2. The van der Waals surface area contributed by atoms with Crippen molar-refractivity contribution in [1.82, 2.24) is 0 Å². The average Bonchev–Trinajstić information content (AvgIpc) is 2.68. The maximum Gasteiger partial charge on any atom is 0.347 e. The molecule has 1 atom stereocenters. The number of carbonyl (C=O) groups excluding carboxylic acids is 2. The van der Waals surface area contributed by atoms with Gasteiger partial charge in [-0.2, -0.15) is 0 Å². The van der Waals surface area contributed by atoms with Gasteiger partial charge in [0.2, 0.25) is 0 Å². The first kappa shape index (κ1) is 21.7. The van der Waals surface area contributed by atoms with Gasteiger partial charge < -0.3 is 24.3 Å². The SMILES string of the molecule is COc1ccc(NC(=O)COC(=O)C(C)Oc2ccc(Cl)cc2Cl)c(OC)c1. The number of nitrogens with one attached hydrogen (secondary N) is 1. The standard InChI is InChI=1S/C19H19Cl2NO6/c1-11(28-16-7-4-12(20)8-14(16)21)19(24)27-10-18(23)22-15-6-5-13(25-2)9-17(15)26-3/h4-9,11H,10H2,1-3H3,(H,22,23). The number of amides is 1. The molecule has 0 spiro atoms. The van der Waals surface area contributed by atoms with Crippen molar-refractivity contribution in [2.75, 3.05) is 26.1 Å². The highest BCUT2D eigenvalue weighted by Gasteiger charge is 2.19. The molecule has 0 saturated heterocycles. The lowest BCUT2D eigenvalue weighted by molar-refractivity contribution is -0.153. The van der Waals surface area contributed by atoms with E-state index in [1.165, 1.54) is 33.3 Å². The number of benzene rings is 2.